The third-order valence-corrected chi connectivity index (χ3v) is 1.04. The molecule has 0 saturated heterocycles. The molecule has 0 bridgehead atoms. The fourth-order valence-corrected chi connectivity index (χ4v) is 0.609. The van der Waals surface area contributed by atoms with Crippen molar-refractivity contribution in [1.29, 1.82) is 0 Å². The minimum Gasteiger partial charge on any atom is -0.480 e. The molecule has 1 atom stereocenters. The number of carbonyl (C=O) groups is 1. The minimum atomic E-state index is -0.913. The lowest BCUT2D eigenvalue weighted by Gasteiger charge is -2.07. The van der Waals surface area contributed by atoms with Crippen LogP contribution in [0.15, 0.2) is 0 Å². The highest BCUT2D eigenvalue weighted by molar-refractivity contribution is 14.0. The molecule has 0 aliphatic heterocycles. The van der Waals surface area contributed by atoms with Crippen molar-refractivity contribution >= 4 is 29.9 Å². The van der Waals surface area contributed by atoms with Gasteiger partial charge in [-0.15, -0.1) is 24.0 Å². The molecule has 0 aliphatic carbocycles. The number of aliphatic carboxylic acids is 1. The van der Waals surface area contributed by atoms with Gasteiger partial charge in [0.2, 0.25) is 0 Å². The predicted octanol–water partition coefficient (Wildman–Crippen LogP) is 1.06. The van der Waals surface area contributed by atoms with Crippen LogP contribution in [-0.4, -0.2) is 17.1 Å². The first-order chi connectivity index (χ1) is 4.04. The Labute approximate surface area is 78.0 Å². The number of carboxylic acid groups (broad SMARTS) is 1. The van der Waals surface area contributed by atoms with Crippen LogP contribution >= 0.6 is 24.0 Å². The van der Waals surface area contributed by atoms with Gasteiger partial charge in [0.15, 0.2) is 0 Å². The first kappa shape index (κ1) is 12.8. The normalized spacial score (nSPS) is 12.4. The van der Waals surface area contributed by atoms with Crippen LogP contribution < -0.4 is 5.73 Å². The third-order valence-electron chi connectivity index (χ3n) is 1.04. The van der Waals surface area contributed by atoms with Crippen molar-refractivity contribution in [2.24, 2.45) is 11.7 Å². The van der Waals surface area contributed by atoms with Crippen molar-refractivity contribution < 1.29 is 9.90 Å². The molecule has 4 heteroatoms. The summed E-state index contributed by atoms with van der Waals surface area (Å²) in [6, 6.07) is -0.690. The van der Waals surface area contributed by atoms with E-state index >= 15 is 0 Å². The third kappa shape index (κ3) is 6.28. The lowest BCUT2D eigenvalue weighted by atomic mass is 10.1. The Kier molecular flexibility index (Phi) is 7.56. The molecule has 62 valence electrons. The van der Waals surface area contributed by atoms with Crippen LogP contribution in [0.5, 0.6) is 0 Å². The second-order valence-corrected chi connectivity index (χ2v) is 2.57. The topological polar surface area (TPSA) is 63.3 Å². The molecule has 0 unspecified atom stereocenters. The Morgan fingerprint density at radius 2 is 2.00 bits per heavy atom. The van der Waals surface area contributed by atoms with Crippen molar-refractivity contribution in [2.45, 2.75) is 26.3 Å². The van der Waals surface area contributed by atoms with Gasteiger partial charge < -0.3 is 10.8 Å². The maximum absolute atomic E-state index is 10.1. The number of hydrogen-bond acceptors (Lipinski definition) is 2. The molecule has 0 radical (unpaired) electrons. The van der Waals surface area contributed by atoms with Crippen molar-refractivity contribution in [3.05, 3.63) is 0 Å². The summed E-state index contributed by atoms with van der Waals surface area (Å²) >= 11 is 0. The van der Waals surface area contributed by atoms with E-state index in [2.05, 4.69) is 0 Å². The van der Waals surface area contributed by atoms with E-state index in [0.717, 1.165) is 0 Å². The lowest BCUT2D eigenvalue weighted by molar-refractivity contribution is -0.138. The van der Waals surface area contributed by atoms with Gasteiger partial charge in [0, 0.05) is 0 Å². The molecule has 10 heavy (non-hydrogen) atoms. The highest BCUT2D eigenvalue weighted by Gasteiger charge is 2.11. The van der Waals surface area contributed by atoms with Crippen LogP contribution in [0.25, 0.3) is 0 Å². The maximum atomic E-state index is 10.1. The van der Waals surface area contributed by atoms with E-state index in [4.69, 9.17) is 10.8 Å². The molecule has 3 nitrogen and oxygen atoms in total. The van der Waals surface area contributed by atoms with Gasteiger partial charge >= 0.3 is 5.97 Å². The summed E-state index contributed by atoms with van der Waals surface area (Å²) in [5.74, 6) is -0.556. The molecular weight excluding hydrogens is 245 g/mol. The standard InChI is InChI=1S/C6H13NO2.HI/c1-4(2)3-5(7)6(8)9;/h4-5H,3,7H2,1-2H3,(H,8,9);1H/t5-;/m0./s1. The molecule has 0 spiro atoms. The Bertz CT molecular complexity index is 106. The number of carboxylic acids is 1. The smallest absolute Gasteiger partial charge is 0.320 e. The van der Waals surface area contributed by atoms with E-state index in [9.17, 15) is 4.79 Å². The molecule has 0 aromatic carbocycles. The fourth-order valence-electron chi connectivity index (χ4n) is 0.609. The molecule has 0 rings (SSSR count). The summed E-state index contributed by atoms with van der Waals surface area (Å²) in [5, 5.41) is 8.31. The van der Waals surface area contributed by atoms with Gasteiger partial charge in [-0.2, -0.15) is 0 Å². The SMILES string of the molecule is CC(C)C[C@H](N)C(=O)O.I. The van der Waals surface area contributed by atoms with Crippen LogP contribution in [0, 0.1) is 5.92 Å². The molecular formula is C6H14INO2. The van der Waals surface area contributed by atoms with Crippen LogP contribution in [0.4, 0.5) is 0 Å². The first-order valence-corrected chi connectivity index (χ1v) is 3.02. The highest BCUT2D eigenvalue weighted by atomic mass is 127. The average Bonchev–Trinajstić information content (AvgIpc) is 1.63. The molecule has 0 aromatic heterocycles. The van der Waals surface area contributed by atoms with Crippen LogP contribution in [0.1, 0.15) is 20.3 Å². The van der Waals surface area contributed by atoms with Crippen molar-refractivity contribution in [3.8, 4) is 0 Å². The van der Waals surface area contributed by atoms with E-state index < -0.39 is 12.0 Å². The Hall–Kier alpha value is 0.160. The predicted molar refractivity (Wildman–Crippen MR) is 50.5 cm³/mol. The second-order valence-electron chi connectivity index (χ2n) is 2.57. The van der Waals surface area contributed by atoms with Gasteiger partial charge in [0.1, 0.15) is 6.04 Å². The number of hydrogen-bond donors (Lipinski definition) is 2. The largest absolute Gasteiger partial charge is 0.480 e. The number of halogens is 1. The summed E-state index contributed by atoms with van der Waals surface area (Å²) in [7, 11) is 0. The van der Waals surface area contributed by atoms with Gasteiger partial charge in [-0.3, -0.25) is 4.79 Å². The zero-order chi connectivity index (χ0) is 7.44. The molecule has 0 heterocycles. The number of nitrogens with two attached hydrogens (primary N) is 1. The highest BCUT2D eigenvalue weighted by Crippen LogP contribution is 2.01. The van der Waals surface area contributed by atoms with E-state index in [0.29, 0.717) is 12.3 Å². The monoisotopic (exact) mass is 259 g/mol. The van der Waals surface area contributed by atoms with E-state index in [1.54, 1.807) is 0 Å². The summed E-state index contributed by atoms with van der Waals surface area (Å²) in [5.41, 5.74) is 5.22. The minimum absolute atomic E-state index is 0. The van der Waals surface area contributed by atoms with Gasteiger partial charge in [0.25, 0.3) is 0 Å². The zero-order valence-corrected chi connectivity index (χ0v) is 8.53. The summed E-state index contributed by atoms with van der Waals surface area (Å²) < 4.78 is 0. The van der Waals surface area contributed by atoms with Crippen LogP contribution in [-0.2, 0) is 4.79 Å². The van der Waals surface area contributed by atoms with Crippen molar-refractivity contribution in [1.82, 2.24) is 0 Å². The molecule has 3 N–H and O–H groups in total. The fraction of sp³-hybridized carbons (Fsp3) is 0.833. The quantitative estimate of drug-likeness (QED) is 0.745. The second kappa shape index (κ2) is 5.91. The van der Waals surface area contributed by atoms with Crippen molar-refractivity contribution in [3.63, 3.8) is 0 Å². The summed E-state index contributed by atoms with van der Waals surface area (Å²) in [6.07, 6.45) is 0.551. The summed E-state index contributed by atoms with van der Waals surface area (Å²) in [6.45, 7) is 3.89. The van der Waals surface area contributed by atoms with E-state index in [1.165, 1.54) is 0 Å². The van der Waals surface area contributed by atoms with Gasteiger partial charge in [-0.1, -0.05) is 13.8 Å². The Morgan fingerprint density at radius 3 is 2.10 bits per heavy atom. The average molecular weight is 259 g/mol. The van der Waals surface area contributed by atoms with Gasteiger partial charge in [-0.25, -0.2) is 0 Å². The molecule has 0 aliphatic rings. The summed E-state index contributed by atoms with van der Waals surface area (Å²) in [4.78, 5) is 10.1. The van der Waals surface area contributed by atoms with Crippen LogP contribution in [0.3, 0.4) is 0 Å². The van der Waals surface area contributed by atoms with Gasteiger partial charge in [-0.05, 0) is 12.3 Å². The Morgan fingerprint density at radius 1 is 1.60 bits per heavy atom. The van der Waals surface area contributed by atoms with Gasteiger partial charge in [0.05, 0.1) is 0 Å². The Balaban J connectivity index is 0. The zero-order valence-electron chi connectivity index (χ0n) is 6.20. The van der Waals surface area contributed by atoms with Crippen molar-refractivity contribution in [2.75, 3.05) is 0 Å². The lowest BCUT2D eigenvalue weighted by Crippen LogP contribution is -2.31. The molecule has 0 saturated carbocycles. The molecule has 0 aromatic rings. The maximum Gasteiger partial charge on any atom is 0.320 e. The van der Waals surface area contributed by atoms with E-state index in [-0.39, 0.29) is 24.0 Å². The van der Waals surface area contributed by atoms with E-state index in [1.807, 2.05) is 13.8 Å². The molecule has 0 amide bonds. The number of rotatable bonds is 3. The van der Waals surface area contributed by atoms with Crippen LogP contribution in [0.2, 0.25) is 0 Å². The molecule has 0 fully saturated rings. The first-order valence-electron chi connectivity index (χ1n) is 3.02.